The highest BCUT2D eigenvalue weighted by atomic mass is 16.5. The summed E-state index contributed by atoms with van der Waals surface area (Å²) >= 11 is 0. The Kier molecular flexibility index (Phi) is 6.95. The van der Waals surface area contributed by atoms with Gasteiger partial charge in [0.2, 0.25) is 11.8 Å². The number of aliphatic hydroxyl groups is 1. The number of rotatable bonds is 5. The van der Waals surface area contributed by atoms with Crippen molar-refractivity contribution in [2.45, 2.75) is 39.8 Å². The molecule has 1 aromatic carbocycles. The first-order valence-electron chi connectivity index (χ1n) is 10.6. The van der Waals surface area contributed by atoms with Crippen molar-refractivity contribution in [3.63, 3.8) is 0 Å². The predicted molar refractivity (Wildman–Crippen MR) is 119 cm³/mol. The van der Waals surface area contributed by atoms with Crippen LogP contribution < -0.4 is 4.74 Å². The lowest BCUT2D eigenvalue weighted by Gasteiger charge is -2.37. The minimum atomic E-state index is -0.353. The van der Waals surface area contributed by atoms with E-state index in [1.165, 1.54) is 6.92 Å². The molecule has 1 N–H and O–H groups in total. The molecule has 2 amide bonds. The van der Waals surface area contributed by atoms with Gasteiger partial charge in [0.25, 0.3) is 5.91 Å². The molecule has 7 heteroatoms. The fourth-order valence-corrected chi connectivity index (χ4v) is 3.76. The number of benzene rings is 1. The maximum Gasteiger partial charge on any atom is 0.259 e. The van der Waals surface area contributed by atoms with Crippen molar-refractivity contribution in [3.05, 3.63) is 47.7 Å². The minimum Gasteiger partial charge on any atom is -0.472 e. The molecule has 0 radical (unpaired) electrons. The van der Waals surface area contributed by atoms with Gasteiger partial charge in [-0.25, -0.2) is 4.98 Å². The maximum atomic E-state index is 13.5. The van der Waals surface area contributed by atoms with E-state index in [2.05, 4.69) is 4.98 Å². The third-order valence-electron chi connectivity index (χ3n) is 5.97. The van der Waals surface area contributed by atoms with Crippen LogP contribution in [0.3, 0.4) is 0 Å². The number of pyridine rings is 1. The van der Waals surface area contributed by atoms with Crippen LogP contribution in [0.5, 0.6) is 5.88 Å². The quantitative estimate of drug-likeness (QED) is 0.797. The summed E-state index contributed by atoms with van der Waals surface area (Å²) in [5.74, 6) is -0.0842. The van der Waals surface area contributed by atoms with Crippen LogP contribution in [0.4, 0.5) is 0 Å². The van der Waals surface area contributed by atoms with Crippen molar-refractivity contribution in [1.29, 1.82) is 0 Å². The summed E-state index contributed by atoms with van der Waals surface area (Å²) < 4.78 is 6.21. The van der Waals surface area contributed by atoms with Gasteiger partial charge in [-0.05, 0) is 31.0 Å². The van der Waals surface area contributed by atoms with Crippen molar-refractivity contribution in [2.24, 2.45) is 5.92 Å². The number of amides is 2. The fraction of sp³-hybridized carbons (Fsp3) is 0.458. The Hall–Kier alpha value is -2.93. The van der Waals surface area contributed by atoms with Gasteiger partial charge in [0.05, 0.1) is 19.2 Å². The number of carbonyl (C=O) groups excluding carboxylic acids is 2. The smallest absolute Gasteiger partial charge is 0.259 e. The topological polar surface area (TPSA) is 83.0 Å². The number of aliphatic hydroxyl groups excluding tert-OH is 1. The Morgan fingerprint density at radius 1 is 1.35 bits per heavy atom. The lowest BCUT2D eigenvalue weighted by Crippen LogP contribution is -2.50. The summed E-state index contributed by atoms with van der Waals surface area (Å²) in [7, 11) is 1.73. The van der Waals surface area contributed by atoms with E-state index in [0.29, 0.717) is 18.7 Å². The van der Waals surface area contributed by atoms with Gasteiger partial charge in [-0.2, -0.15) is 0 Å². The van der Waals surface area contributed by atoms with E-state index in [1.807, 2.05) is 51.1 Å². The van der Waals surface area contributed by atoms with Crippen molar-refractivity contribution in [2.75, 3.05) is 26.7 Å². The lowest BCUT2D eigenvalue weighted by atomic mass is 9.98. The zero-order valence-corrected chi connectivity index (χ0v) is 18.8. The van der Waals surface area contributed by atoms with Gasteiger partial charge >= 0.3 is 0 Å². The molecule has 3 atom stereocenters. The maximum absolute atomic E-state index is 13.5. The van der Waals surface area contributed by atoms with E-state index in [9.17, 15) is 14.7 Å². The first-order valence-corrected chi connectivity index (χ1v) is 10.6. The summed E-state index contributed by atoms with van der Waals surface area (Å²) in [5.41, 5.74) is 3.27. The third-order valence-corrected chi connectivity index (χ3v) is 5.97. The zero-order chi connectivity index (χ0) is 22.7. The highest BCUT2D eigenvalue weighted by molar-refractivity contribution is 5.98. The van der Waals surface area contributed by atoms with Crippen molar-refractivity contribution in [3.8, 4) is 17.0 Å². The number of hydrogen-bond acceptors (Lipinski definition) is 5. The van der Waals surface area contributed by atoms with Gasteiger partial charge in [0.1, 0.15) is 11.7 Å². The zero-order valence-electron chi connectivity index (χ0n) is 18.8. The first-order chi connectivity index (χ1) is 14.7. The first kappa shape index (κ1) is 22.7. The molecular weight excluding hydrogens is 394 g/mol. The number of ether oxygens (including phenoxy) is 1. The number of carbonyl (C=O) groups is 2. The molecule has 1 aliphatic rings. The number of aryl methyl sites for hydroxylation is 1. The molecule has 0 saturated heterocycles. The largest absolute Gasteiger partial charge is 0.472 e. The van der Waals surface area contributed by atoms with Crippen LogP contribution in [0.2, 0.25) is 0 Å². The standard InChI is InChI=1S/C24H31N3O4/c1-15-8-6-7-9-20(15)19-10-21-23(25-11-19)31-22(13-26(5)18(4)29)16(2)12-27(24(21)30)17(3)14-28/h6-11,16-17,22,28H,12-14H2,1-5H3/t16-,17+,22-/m0/s1. The Morgan fingerprint density at radius 3 is 2.71 bits per heavy atom. The predicted octanol–water partition coefficient (Wildman–Crippen LogP) is 2.76. The van der Waals surface area contributed by atoms with Gasteiger partial charge < -0.3 is 19.6 Å². The molecule has 0 bridgehead atoms. The minimum absolute atomic E-state index is 0.0578. The van der Waals surface area contributed by atoms with Gasteiger partial charge in [-0.1, -0.05) is 31.2 Å². The molecular formula is C24H31N3O4. The second-order valence-electron chi connectivity index (χ2n) is 8.41. The monoisotopic (exact) mass is 425 g/mol. The Morgan fingerprint density at radius 2 is 2.06 bits per heavy atom. The summed E-state index contributed by atoms with van der Waals surface area (Å²) in [6.07, 6.45) is 1.37. The summed E-state index contributed by atoms with van der Waals surface area (Å²) in [6, 6.07) is 9.39. The molecule has 0 saturated carbocycles. The number of nitrogens with zero attached hydrogens (tertiary/aromatic N) is 3. The second-order valence-corrected chi connectivity index (χ2v) is 8.41. The number of aromatic nitrogens is 1. The van der Waals surface area contributed by atoms with Crippen LogP contribution in [0.1, 0.15) is 36.7 Å². The van der Waals surface area contributed by atoms with E-state index < -0.39 is 0 Å². The van der Waals surface area contributed by atoms with Crippen LogP contribution in [0.25, 0.3) is 11.1 Å². The van der Waals surface area contributed by atoms with Crippen molar-refractivity contribution >= 4 is 11.8 Å². The summed E-state index contributed by atoms with van der Waals surface area (Å²) in [4.78, 5) is 33.0. The average molecular weight is 426 g/mol. The third kappa shape index (κ3) is 4.88. The van der Waals surface area contributed by atoms with Crippen molar-refractivity contribution in [1.82, 2.24) is 14.8 Å². The number of hydrogen-bond donors (Lipinski definition) is 1. The molecule has 1 aliphatic heterocycles. The van der Waals surface area contributed by atoms with Crippen LogP contribution >= 0.6 is 0 Å². The van der Waals surface area contributed by atoms with Gasteiger partial charge in [-0.15, -0.1) is 0 Å². The SMILES string of the molecule is CC(=O)N(C)C[C@@H]1Oc2ncc(-c3ccccc3C)cc2C(=O)N([C@H](C)CO)C[C@@H]1C. The Labute approximate surface area is 183 Å². The highest BCUT2D eigenvalue weighted by Gasteiger charge is 2.34. The van der Waals surface area contributed by atoms with Crippen LogP contribution in [-0.4, -0.2) is 70.6 Å². The van der Waals surface area contributed by atoms with Crippen LogP contribution in [-0.2, 0) is 4.79 Å². The van der Waals surface area contributed by atoms with E-state index in [0.717, 1.165) is 16.7 Å². The molecule has 3 rings (SSSR count). The molecule has 2 heterocycles. The van der Waals surface area contributed by atoms with E-state index in [4.69, 9.17) is 4.74 Å². The summed E-state index contributed by atoms with van der Waals surface area (Å²) in [6.45, 7) is 7.98. The lowest BCUT2D eigenvalue weighted by molar-refractivity contribution is -0.129. The molecule has 7 nitrogen and oxygen atoms in total. The van der Waals surface area contributed by atoms with E-state index >= 15 is 0 Å². The second kappa shape index (κ2) is 9.47. The number of fused-ring (bicyclic) bond motifs is 1. The molecule has 1 aromatic heterocycles. The molecule has 0 unspecified atom stereocenters. The molecule has 31 heavy (non-hydrogen) atoms. The number of likely N-dealkylation sites (N-methyl/N-ethyl adjacent to an activating group) is 1. The van der Waals surface area contributed by atoms with Crippen LogP contribution in [0.15, 0.2) is 36.5 Å². The van der Waals surface area contributed by atoms with E-state index in [-0.39, 0.29) is 42.4 Å². The van der Waals surface area contributed by atoms with E-state index in [1.54, 1.807) is 23.0 Å². The normalized spacial score (nSPS) is 19.7. The van der Waals surface area contributed by atoms with Crippen LogP contribution in [0, 0.1) is 12.8 Å². The van der Waals surface area contributed by atoms with Gasteiger partial charge in [0, 0.05) is 38.2 Å². The van der Waals surface area contributed by atoms with Crippen molar-refractivity contribution < 1.29 is 19.4 Å². The van der Waals surface area contributed by atoms with Gasteiger partial charge in [-0.3, -0.25) is 9.59 Å². The molecule has 166 valence electrons. The average Bonchev–Trinajstić information content (AvgIpc) is 2.75. The summed E-state index contributed by atoms with van der Waals surface area (Å²) in [5, 5.41) is 9.76. The Balaban J connectivity index is 2.07. The Bertz CT molecular complexity index is 962. The highest BCUT2D eigenvalue weighted by Crippen LogP contribution is 2.31. The molecule has 0 aliphatic carbocycles. The molecule has 2 aromatic rings. The fourth-order valence-electron chi connectivity index (χ4n) is 3.76. The molecule has 0 fully saturated rings. The molecule has 0 spiro atoms. The van der Waals surface area contributed by atoms with Gasteiger partial charge in [0.15, 0.2) is 0 Å².